The predicted molar refractivity (Wildman–Crippen MR) is 325 cm³/mol. The zero-order chi connectivity index (χ0) is 65.2. The van der Waals surface area contributed by atoms with Gasteiger partial charge >= 0.3 is 5.97 Å². The highest BCUT2D eigenvalue weighted by Crippen LogP contribution is 2.25. The Labute approximate surface area is 514 Å². The first-order valence-electron chi connectivity index (χ1n) is 29.3. The zero-order valence-electron chi connectivity index (χ0n) is 50.8. The van der Waals surface area contributed by atoms with Crippen molar-refractivity contribution in [2.45, 2.75) is 191 Å². The molecule has 2 saturated heterocycles. The summed E-state index contributed by atoms with van der Waals surface area (Å²) in [4.78, 5) is 168. The van der Waals surface area contributed by atoms with Gasteiger partial charge in [-0.3, -0.25) is 57.7 Å². The number of carbonyl (C=O) groups is 12. The van der Waals surface area contributed by atoms with Crippen molar-refractivity contribution in [1.29, 1.82) is 0 Å². The molecule has 19 N–H and O–H groups in total. The van der Waals surface area contributed by atoms with Gasteiger partial charge in [0.25, 0.3) is 0 Å². The lowest BCUT2D eigenvalue weighted by atomic mass is 9.95. The quantitative estimate of drug-likeness (QED) is 0.0121. The van der Waals surface area contributed by atoms with Gasteiger partial charge in [-0.1, -0.05) is 48.0 Å². The van der Waals surface area contributed by atoms with Gasteiger partial charge in [-0.15, -0.1) is 0 Å². The number of hydrogen-bond donors (Lipinski definition) is 17. The van der Waals surface area contributed by atoms with Crippen LogP contribution in [0.3, 0.4) is 0 Å². The number of carboxylic acid groups (broad SMARTS) is 1. The lowest BCUT2D eigenvalue weighted by Crippen LogP contribution is -2.62. The van der Waals surface area contributed by atoms with Gasteiger partial charge in [0.05, 0.1) is 25.7 Å². The molecule has 86 heavy (non-hydrogen) atoms. The van der Waals surface area contributed by atoms with Crippen LogP contribution < -0.4 is 70.8 Å². The number of guanidine groups is 1. The van der Waals surface area contributed by atoms with Gasteiger partial charge < -0.3 is 90.8 Å². The maximum absolute atomic E-state index is 14.6. The molecular formula is C54H96N16O14S2. The Hall–Kier alpha value is -6.51. The van der Waals surface area contributed by atoms with Crippen LogP contribution in [0.25, 0.3) is 0 Å². The van der Waals surface area contributed by atoms with Crippen molar-refractivity contribution in [3.63, 3.8) is 0 Å². The van der Waals surface area contributed by atoms with E-state index in [2.05, 4.69) is 78.1 Å². The molecule has 0 unspecified atom stereocenters. The predicted octanol–water partition coefficient (Wildman–Crippen LogP) is -4.43. The number of nitrogens with two attached hydrogens (primary N) is 4. The molecule has 0 aromatic rings. The van der Waals surface area contributed by atoms with E-state index in [1.165, 1.54) is 9.80 Å². The summed E-state index contributed by atoms with van der Waals surface area (Å²) in [6, 6.07) is -12.3. The summed E-state index contributed by atoms with van der Waals surface area (Å²) in [6.07, 6.45) is 2.80. The Kier molecular flexibility index (Phi) is 32.7. The molecule has 2 aliphatic rings. The van der Waals surface area contributed by atoms with Crippen LogP contribution >= 0.6 is 25.3 Å². The Morgan fingerprint density at radius 1 is 0.640 bits per heavy atom. The van der Waals surface area contributed by atoms with E-state index < -0.39 is 168 Å². The molecule has 0 saturated carbocycles. The Morgan fingerprint density at radius 2 is 1.15 bits per heavy atom. The van der Waals surface area contributed by atoms with E-state index in [-0.39, 0.29) is 82.3 Å². The van der Waals surface area contributed by atoms with Gasteiger partial charge in [0.2, 0.25) is 65.0 Å². The molecule has 0 aromatic heterocycles. The number of amides is 11. The normalized spacial score (nSPS) is 18.1. The van der Waals surface area contributed by atoms with E-state index >= 15 is 0 Å². The van der Waals surface area contributed by atoms with Crippen LogP contribution in [-0.4, -0.2) is 214 Å². The number of aliphatic imine (C=N–C) groups is 1. The summed E-state index contributed by atoms with van der Waals surface area (Å²) in [5.74, 6) is -11.2. The third kappa shape index (κ3) is 24.7. The van der Waals surface area contributed by atoms with E-state index in [1.54, 1.807) is 41.5 Å². The van der Waals surface area contributed by atoms with Crippen molar-refractivity contribution >= 4 is 102 Å². The second-order valence-corrected chi connectivity index (χ2v) is 24.6. The number of aliphatic hydroxyl groups is 1. The minimum Gasteiger partial charge on any atom is -0.480 e. The smallest absolute Gasteiger partial charge is 0.327 e. The number of carboxylic acids is 1. The fourth-order valence-corrected chi connectivity index (χ4v) is 9.83. The number of carbonyl (C=O) groups excluding carboxylic acids is 11. The third-order valence-electron chi connectivity index (χ3n) is 14.7. The third-order valence-corrected chi connectivity index (χ3v) is 15.4. The lowest BCUT2D eigenvalue weighted by molar-refractivity contribution is -0.143. The van der Waals surface area contributed by atoms with E-state index in [1.807, 2.05) is 13.8 Å². The molecule has 2 rings (SSSR count). The molecule has 30 nitrogen and oxygen atoms in total. The van der Waals surface area contributed by atoms with E-state index in [0.717, 1.165) is 0 Å². The fraction of sp³-hybridized carbons (Fsp3) is 0.759. The molecule has 32 heteroatoms. The largest absolute Gasteiger partial charge is 0.480 e. The number of aliphatic hydroxyl groups excluding tert-OH is 1. The average molecular weight is 1260 g/mol. The number of hydrogen-bond acceptors (Lipinski definition) is 18. The van der Waals surface area contributed by atoms with E-state index in [0.29, 0.717) is 32.1 Å². The van der Waals surface area contributed by atoms with Crippen LogP contribution in [0.2, 0.25) is 0 Å². The molecule has 0 aromatic carbocycles. The highest BCUT2D eigenvalue weighted by molar-refractivity contribution is 7.81. The molecule has 2 fully saturated rings. The van der Waals surface area contributed by atoms with Crippen LogP contribution in [0.5, 0.6) is 0 Å². The molecular weight excluding hydrogens is 1160 g/mol. The molecule has 488 valence electrons. The summed E-state index contributed by atoms with van der Waals surface area (Å²) in [5.41, 5.74) is 22.8. The average Bonchev–Trinajstić information content (AvgIpc) is 3.14. The van der Waals surface area contributed by atoms with Crippen molar-refractivity contribution in [2.75, 3.05) is 51.6 Å². The Balaban J connectivity index is 2.31. The maximum atomic E-state index is 14.6. The number of nitrogens with zero attached hydrogens (tertiary/aromatic N) is 3. The molecule has 0 bridgehead atoms. The Bertz CT molecular complexity index is 2380. The van der Waals surface area contributed by atoms with Crippen molar-refractivity contribution in [3.05, 3.63) is 0 Å². The highest BCUT2D eigenvalue weighted by Gasteiger charge is 2.43. The Morgan fingerprint density at radius 3 is 1.66 bits per heavy atom. The van der Waals surface area contributed by atoms with Crippen LogP contribution in [0.1, 0.15) is 126 Å². The lowest BCUT2D eigenvalue weighted by Gasteiger charge is -2.33. The minimum atomic E-state index is -1.55. The first-order chi connectivity index (χ1) is 40.3. The molecule has 11 amide bonds. The molecule has 11 atom stereocenters. The molecule has 2 aliphatic heterocycles. The monoisotopic (exact) mass is 1260 g/mol. The fourth-order valence-electron chi connectivity index (χ4n) is 9.47. The minimum absolute atomic E-state index is 0.0219. The van der Waals surface area contributed by atoms with Gasteiger partial charge in [-0.25, -0.2) is 4.79 Å². The number of nitrogens with one attached hydrogen (secondary N) is 9. The van der Waals surface area contributed by atoms with Crippen LogP contribution in [0.15, 0.2) is 4.99 Å². The van der Waals surface area contributed by atoms with E-state index in [9.17, 15) is 62.6 Å². The van der Waals surface area contributed by atoms with Gasteiger partial charge in [0.15, 0.2) is 5.96 Å². The first kappa shape index (κ1) is 75.6. The van der Waals surface area contributed by atoms with Crippen molar-refractivity contribution < 1.29 is 67.7 Å². The summed E-state index contributed by atoms with van der Waals surface area (Å²) < 4.78 is -0.903. The number of unbranched alkanes of at least 4 members (excludes halogenated alkanes) is 1. The maximum Gasteiger partial charge on any atom is 0.327 e. The summed E-state index contributed by atoms with van der Waals surface area (Å²) >= 11 is 8.29. The molecule has 0 aliphatic carbocycles. The molecule has 2 heterocycles. The second-order valence-electron chi connectivity index (χ2n) is 23.0. The highest BCUT2D eigenvalue weighted by atomic mass is 32.1. The number of aliphatic carboxylic acids is 1. The number of likely N-dealkylation sites (tertiary alicyclic amines) is 2. The molecule has 0 radical (unpaired) electrons. The summed E-state index contributed by atoms with van der Waals surface area (Å²) in [5, 5.41) is 42.4. The van der Waals surface area contributed by atoms with Crippen molar-refractivity contribution in [3.8, 4) is 0 Å². The summed E-state index contributed by atoms with van der Waals surface area (Å²) in [7, 11) is 0. The van der Waals surface area contributed by atoms with Crippen molar-refractivity contribution in [2.24, 2.45) is 45.7 Å². The molecule has 0 spiro atoms. The summed E-state index contributed by atoms with van der Waals surface area (Å²) in [6.45, 7) is 12.4. The first-order valence-corrected chi connectivity index (χ1v) is 30.4. The van der Waals surface area contributed by atoms with Gasteiger partial charge in [-0.05, 0) is 102 Å². The van der Waals surface area contributed by atoms with Gasteiger partial charge in [0, 0.05) is 30.1 Å². The van der Waals surface area contributed by atoms with Gasteiger partial charge in [-0.2, -0.15) is 25.3 Å². The zero-order valence-corrected chi connectivity index (χ0v) is 52.6. The standard InChI is InChI=1S/C54H96N16O14S2/c1-9-30(6)41(68-48(79)40(29(4)5)67-44(75)32(15-10-11-19-55)63-45(76)34(26-71)66-47(78)37-18-14-22-70(37)51(82)42(56)54(7,8)86)49(80)65-33(23-28(2)3)50(81)69-21-13-17-36(69)46(77)64-31(16-12-20-59-53(57)58)43(74)61-24-38(72)60-25-39(73)62-35(27-85)52(83)84/h28-37,40-42,71,85-86H,9-27,55-56H2,1-8H3,(H,60,72)(H,61,74)(H,62,73)(H,63,76)(H,64,77)(H,65,80)(H,66,78)(H,67,75)(H,68,79)(H,83,84)(H4,57,58,59)/t30-,31-,32-,33-,34-,35-,36-,37-,40-,41-,42+/m0/s1. The SMILES string of the molecule is CC[C@H](C)[C@H](NC(=O)[C@@H](NC(=O)[C@H](CCCCN)NC(=O)[C@H](CO)NC(=O)[C@@H]1CCCN1C(=O)[C@@H](N)C(C)(C)S)C(C)C)C(=O)N[C@@H](CC(C)C)C(=O)N1CCC[C@H]1C(=O)N[C@@H](CCCN=C(N)N)C(=O)NCC(=O)NCC(=O)N[C@@H](CS)C(=O)O. The van der Waals surface area contributed by atoms with Crippen LogP contribution in [0, 0.1) is 17.8 Å². The number of thiol groups is 2. The van der Waals surface area contributed by atoms with Crippen LogP contribution in [-0.2, 0) is 57.5 Å². The van der Waals surface area contributed by atoms with Crippen LogP contribution in [0.4, 0.5) is 0 Å². The van der Waals surface area contributed by atoms with Gasteiger partial charge in [0.1, 0.15) is 54.4 Å². The topological polar surface area (TPSA) is 476 Å². The second kappa shape index (κ2) is 37.2. The van der Waals surface area contributed by atoms with Crippen molar-refractivity contribution in [1.82, 2.24) is 57.7 Å². The number of rotatable bonds is 37. The van der Waals surface area contributed by atoms with E-state index in [4.69, 9.17) is 28.0 Å².